The number of alkyl halides is 11. The Bertz CT molecular complexity index is 5070. The van der Waals surface area contributed by atoms with Gasteiger partial charge in [0.1, 0.15) is 42.6 Å². The van der Waals surface area contributed by atoms with Gasteiger partial charge >= 0.3 is 101 Å². The van der Waals surface area contributed by atoms with Crippen LogP contribution in [0.15, 0.2) is 48.5 Å². The molecule has 19 fully saturated rings. The third-order valence-corrected chi connectivity index (χ3v) is 31.7. The van der Waals surface area contributed by atoms with E-state index in [-0.39, 0.29) is 88.4 Å². The summed E-state index contributed by atoms with van der Waals surface area (Å²) in [6.07, 6.45) is 23.9. The molecule has 2 aromatic rings. The summed E-state index contributed by atoms with van der Waals surface area (Å²) >= 11 is 0. The molecule has 0 N–H and O–H groups in total. The van der Waals surface area contributed by atoms with E-state index in [2.05, 4.69) is 90.8 Å². The molecule has 804 valence electrons. The Balaban J connectivity index is 0.000000156. The van der Waals surface area contributed by atoms with Crippen molar-refractivity contribution in [1.29, 1.82) is 0 Å². The van der Waals surface area contributed by atoms with Crippen molar-refractivity contribution in [3.05, 3.63) is 70.8 Å². The van der Waals surface area contributed by atoms with Gasteiger partial charge in [-0.05, 0) is 286 Å². The predicted molar refractivity (Wildman–Crippen MR) is 487 cm³/mol. The second kappa shape index (κ2) is 44.4. The van der Waals surface area contributed by atoms with Gasteiger partial charge in [-0.3, -0.25) is 33.6 Å². The smallest absolute Gasteiger partial charge is 0.377 e. The highest BCUT2D eigenvalue weighted by molar-refractivity contribution is 5.92. The molecule has 145 heavy (non-hydrogen) atoms. The lowest BCUT2D eigenvalue weighted by molar-refractivity contribution is -0.201. The van der Waals surface area contributed by atoms with Crippen LogP contribution in [-0.4, -0.2) is 206 Å². The minimum absolute atomic E-state index is 0.00223. The van der Waals surface area contributed by atoms with Crippen molar-refractivity contribution in [2.45, 2.75) is 345 Å². The van der Waals surface area contributed by atoms with Crippen LogP contribution in [0, 0.1) is 107 Å². The first-order valence-corrected chi connectivity index (χ1v) is 50.4. The summed E-state index contributed by atoms with van der Waals surface area (Å²) in [6, 6.07) is 17.7. The molecule has 0 heterocycles. The molecular formula is C106H135F11O28. The van der Waals surface area contributed by atoms with Gasteiger partial charge in [0.2, 0.25) is 5.67 Å². The molecule has 0 saturated heterocycles. The van der Waals surface area contributed by atoms with Gasteiger partial charge in [0.25, 0.3) is 0 Å². The largest absolute Gasteiger partial charge is 0.465 e. The number of hydrogen-bond acceptors (Lipinski definition) is 28. The second-order valence-corrected chi connectivity index (χ2v) is 46.0. The molecule has 19 aliphatic rings. The number of benzene rings is 2. The van der Waals surface area contributed by atoms with Gasteiger partial charge in [-0.1, -0.05) is 59.7 Å². The van der Waals surface area contributed by atoms with E-state index in [1.54, 1.807) is 0 Å². The minimum atomic E-state index is -3.65. The maximum atomic E-state index is 13.1. The van der Waals surface area contributed by atoms with Crippen LogP contribution in [0.4, 0.5) is 48.3 Å². The van der Waals surface area contributed by atoms with Crippen LogP contribution < -0.4 is 0 Å². The SMILES string of the molecule is CC(C)(F)C(=O)OCC(=O)OC1C(=O)C2CCC1C2.CC(COC(=O)C(C)(F)F)C(=O)OC12CC3CC(C1)C(=O)C(C3)C2.CC(F)(F)C(=O)OCC(=O)OC1CCCCC1=O.CC(F)(F)C(=O)OCC(C)(C)C(=O)OC12CC3CC(C1)C(=O)C(C3)C2.Cc1ccc(C23CC4CC(CC(COC(=O)CCOC(=O)C(C)(F)F)(C4)C2)C3)cc1.Cc1ccc(C23CC4CC(CC(COC(=O)COC(=O)C(C)(F)F)(C4)C2)C3)cc1. The first kappa shape index (κ1) is 114. The number of fused-ring (bicyclic) bond motifs is 2. The summed E-state index contributed by atoms with van der Waals surface area (Å²) in [5.74, 6) is -28.8. The van der Waals surface area contributed by atoms with Crippen molar-refractivity contribution in [1.82, 2.24) is 0 Å². The Morgan fingerprint density at radius 3 is 1.18 bits per heavy atom. The van der Waals surface area contributed by atoms with Crippen LogP contribution in [0.2, 0.25) is 0 Å². The number of hydrogen-bond donors (Lipinski definition) is 0. The van der Waals surface area contributed by atoms with Crippen molar-refractivity contribution >= 4 is 94.8 Å². The highest BCUT2D eigenvalue weighted by Gasteiger charge is 2.64. The molecule has 0 amide bonds. The van der Waals surface area contributed by atoms with E-state index < -0.39 is 175 Å². The molecule has 28 nitrogen and oxygen atoms in total. The molecule has 0 spiro atoms. The Hall–Kier alpha value is -10.0. The summed E-state index contributed by atoms with van der Waals surface area (Å²) in [7, 11) is 0. The average Bonchev–Trinajstić information content (AvgIpc) is 1.22. The zero-order valence-electron chi connectivity index (χ0n) is 84.2. The van der Waals surface area contributed by atoms with E-state index in [4.69, 9.17) is 28.4 Å². The van der Waals surface area contributed by atoms with Crippen LogP contribution in [-0.2, 0) is 144 Å². The van der Waals surface area contributed by atoms with E-state index in [0.717, 1.165) is 123 Å². The lowest BCUT2D eigenvalue weighted by Gasteiger charge is -2.62. The predicted octanol–water partition coefficient (Wildman–Crippen LogP) is 17.4. The summed E-state index contributed by atoms with van der Waals surface area (Å²) < 4.78 is 199. The molecule has 39 heteroatoms. The zero-order chi connectivity index (χ0) is 107. The van der Waals surface area contributed by atoms with Crippen molar-refractivity contribution in [3.8, 4) is 0 Å². The number of rotatable bonds is 31. The Kier molecular flexibility index (Phi) is 34.8. The monoisotopic (exact) mass is 2060 g/mol. The molecule has 19 aliphatic carbocycles. The van der Waals surface area contributed by atoms with Gasteiger partial charge in [-0.2, -0.15) is 43.9 Å². The Labute approximate surface area is 835 Å². The number of esters is 12. The van der Waals surface area contributed by atoms with E-state index in [0.29, 0.717) is 127 Å². The molecule has 0 radical (unpaired) electrons. The molecule has 0 aromatic heterocycles. The summed E-state index contributed by atoms with van der Waals surface area (Å²) in [5.41, 5.74) is 0.928. The third-order valence-electron chi connectivity index (χ3n) is 31.7. The van der Waals surface area contributed by atoms with Crippen molar-refractivity contribution < 1.29 is 182 Å². The van der Waals surface area contributed by atoms with Gasteiger partial charge in [-0.15, -0.1) is 0 Å². The standard InChI is InChI=1S/C24H30F2O4.C23H28F2O4.C18H24F2O5.C17H22F2O5.C13H17FO5.C11H14F2O5/c1-16-3-5-19(6-4-16)24-12-17-9-18(13-24)11-23(10-17,14-24)15-30-20(27)7-8-29-21(28)22(2,25)26;1-15-3-5-18(6-4-15)23-10-16-7-17(11-23)9-22(8-16,13-23)14-29-19(26)12-28-20(27)21(2,24)25;1-16(2,9-24-15(23)17(3,19)20)14(22)25-18-6-10-4-11(7-18)13(21)12(5-10)8-18;1-9(8-23-15(22)16(2,18)19)14(21)24-17-5-10-3-11(6-17)13(20)12(4-10)7-17;1-13(2,14)12(17)18-6-9(15)19-11-8-4-3-7(5-8)10(11)16;1-11(12,13)10(16)17-6-9(15)18-8-5-3-2-4-7(8)14/h3-6,17-18H,7-15H2,1-2H3;3-6,16-17H,7-14H2,1-2H3;10-12H,4-9H2,1-3H3;9-12H,3-8H2,1-2H3;7-8,11H,3-6H2,1-2H3;8H,2-6H2,1H3. The number of aryl methyl sites for hydroxylation is 2. The average molecular weight is 2070 g/mol. The molecule has 19 saturated carbocycles. The van der Waals surface area contributed by atoms with Gasteiger partial charge in [0.05, 0.1) is 31.0 Å². The Morgan fingerprint density at radius 2 is 0.766 bits per heavy atom. The first-order valence-electron chi connectivity index (χ1n) is 50.4. The fourth-order valence-corrected chi connectivity index (χ4v) is 26.2. The summed E-state index contributed by atoms with van der Waals surface area (Å²) in [4.78, 5) is 185. The lowest BCUT2D eigenvalue weighted by atomic mass is 9.43. The van der Waals surface area contributed by atoms with Crippen LogP contribution >= 0.6 is 0 Å². The summed E-state index contributed by atoms with van der Waals surface area (Å²) in [6.45, 7) is 9.95. The number of carbonyl (C=O) groups excluding carboxylic acids is 16. The van der Waals surface area contributed by atoms with Crippen molar-refractivity contribution in [2.24, 2.45) is 93.2 Å². The highest BCUT2D eigenvalue weighted by atomic mass is 19.3. The normalized spacial score (nSPS) is 31.4. The van der Waals surface area contributed by atoms with E-state index >= 15 is 0 Å². The molecule has 21 rings (SSSR count). The Morgan fingerprint density at radius 1 is 0.372 bits per heavy atom. The van der Waals surface area contributed by atoms with Crippen molar-refractivity contribution in [2.75, 3.05) is 52.9 Å². The fourth-order valence-electron chi connectivity index (χ4n) is 26.2. The van der Waals surface area contributed by atoms with Crippen LogP contribution in [0.1, 0.15) is 284 Å². The number of Topliss-reactive ketones (excluding diaryl/α,β-unsaturated/α-hetero) is 4. The maximum Gasteiger partial charge on any atom is 0.377 e. The van der Waals surface area contributed by atoms with E-state index in [1.807, 2.05) is 0 Å². The number of ether oxygens (including phenoxy) is 12. The lowest BCUT2D eigenvalue weighted by Crippen LogP contribution is -2.57. The van der Waals surface area contributed by atoms with E-state index in [1.165, 1.54) is 81.5 Å². The molecule has 0 aliphatic heterocycles. The molecule has 18 bridgehead atoms. The summed E-state index contributed by atoms with van der Waals surface area (Å²) in [5, 5.41) is 0. The van der Waals surface area contributed by atoms with Gasteiger partial charge in [0.15, 0.2) is 43.6 Å². The number of ketones is 4. The van der Waals surface area contributed by atoms with Crippen LogP contribution in [0.25, 0.3) is 0 Å². The first-order chi connectivity index (χ1) is 67.3. The number of halogens is 11. The molecular weight excluding hydrogens is 1930 g/mol. The zero-order valence-corrected chi connectivity index (χ0v) is 84.2. The van der Waals surface area contributed by atoms with E-state index in [9.17, 15) is 125 Å². The molecule has 13 unspecified atom stereocenters. The quantitative estimate of drug-likeness (QED) is 0.0384. The fraction of sp³-hybridized carbons (Fsp3) is 0.736. The van der Waals surface area contributed by atoms with Crippen LogP contribution in [0.3, 0.4) is 0 Å². The van der Waals surface area contributed by atoms with Gasteiger partial charge in [0, 0.05) is 87.4 Å². The topological polar surface area (TPSA) is 384 Å². The minimum Gasteiger partial charge on any atom is -0.465 e. The third kappa shape index (κ3) is 28.9. The number of carbonyl (C=O) groups is 16. The van der Waals surface area contributed by atoms with Crippen LogP contribution in [0.5, 0.6) is 0 Å². The van der Waals surface area contributed by atoms with Gasteiger partial charge in [-0.25, -0.2) is 47.5 Å². The maximum absolute atomic E-state index is 13.1. The molecule has 2 aromatic carbocycles. The van der Waals surface area contributed by atoms with Crippen molar-refractivity contribution in [3.63, 3.8) is 0 Å². The highest BCUT2D eigenvalue weighted by Crippen LogP contribution is 2.68. The second-order valence-electron chi connectivity index (χ2n) is 46.0. The van der Waals surface area contributed by atoms with Gasteiger partial charge < -0.3 is 56.8 Å². The molecule has 13 atom stereocenters.